The number of carboxylic acids is 1. The molecule has 10 heteroatoms. The van der Waals surface area contributed by atoms with Crippen molar-refractivity contribution in [3.8, 4) is 11.1 Å². The molecule has 1 saturated heterocycles. The molecule has 2 atom stereocenters. The number of hydrogen-bond donors (Lipinski definition) is 1. The van der Waals surface area contributed by atoms with Crippen LogP contribution >= 0.6 is 0 Å². The Labute approximate surface area is 249 Å². The van der Waals surface area contributed by atoms with Gasteiger partial charge < -0.3 is 5.11 Å². The number of carboxylic acid groups (broad SMARTS) is 1. The second kappa shape index (κ2) is 12.1. The number of carbonyl (C=O) groups is 1. The minimum absolute atomic E-state index is 0.0250. The minimum atomic E-state index is -4.85. The van der Waals surface area contributed by atoms with Crippen LogP contribution in [0.5, 0.6) is 0 Å². The van der Waals surface area contributed by atoms with Crippen LogP contribution in [0.4, 0.5) is 13.2 Å². The van der Waals surface area contributed by atoms with Crippen molar-refractivity contribution in [1.29, 1.82) is 0 Å². The average molecular weight is 611 g/mol. The fourth-order valence-corrected chi connectivity index (χ4v) is 7.85. The Morgan fingerprint density at radius 3 is 2.47 bits per heavy atom. The third-order valence-electron chi connectivity index (χ3n) is 8.05. The number of halogens is 3. The highest BCUT2D eigenvalue weighted by Gasteiger charge is 2.43. The van der Waals surface area contributed by atoms with Crippen LogP contribution in [0.3, 0.4) is 0 Å². The molecule has 4 aromatic rings. The third kappa shape index (κ3) is 6.31. The summed E-state index contributed by atoms with van der Waals surface area (Å²) in [5.41, 5.74) is -0.208. The first kappa shape index (κ1) is 30.7. The smallest absolute Gasteiger partial charge is 0.416 e. The van der Waals surface area contributed by atoms with E-state index in [1.54, 1.807) is 68.6 Å². The molecule has 0 spiro atoms. The molecule has 1 N–H and O–H groups in total. The lowest BCUT2D eigenvalue weighted by Crippen LogP contribution is -2.39. The fourth-order valence-electron chi connectivity index (χ4n) is 6.11. The van der Waals surface area contributed by atoms with Gasteiger partial charge in [0.05, 0.1) is 16.4 Å². The Bertz CT molecular complexity index is 1740. The number of sulfonamides is 1. The van der Waals surface area contributed by atoms with E-state index in [-0.39, 0.29) is 41.5 Å². The molecule has 0 saturated carbocycles. The van der Waals surface area contributed by atoms with Gasteiger partial charge in [-0.3, -0.25) is 9.78 Å². The van der Waals surface area contributed by atoms with E-state index in [0.717, 1.165) is 0 Å². The summed E-state index contributed by atoms with van der Waals surface area (Å²) in [6.45, 7) is 3.56. The Hall–Kier alpha value is -3.76. The molecule has 3 aromatic carbocycles. The highest BCUT2D eigenvalue weighted by Crippen LogP contribution is 2.46. The molecule has 0 bridgehead atoms. The van der Waals surface area contributed by atoms with Crippen LogP contribution in [0.2, 0.25) is 0 Å². The largest absolute Gasteiger partial charge is 0.481 e. The van der Waals surface area contributed by atoms with Crippen molar-refractivity contribution in [2.45, 2.75) is 56.0 Å². The average Bonchev–Trinajstić information content (AvgIpc) is 2.98. The van der Waals surface area contributed by atoms with Crippen molar-refractivity contribution in [2.75, 3.05) is 13.1 Å². The Morgan fingerprint density at radius 1 is 1.05 bits per heavy atom. The zero-order valence-electron chi connectivity index (χ0n) is 23.9. The molecule has 0 radical (unpaired) electrons. The molecule has 1 aliphatic heterocycles. The van der Waals surface area contributed by atoms with E-state index in [1.807, 2.05) is 0 Å². The molecular weight excluding hydrogens is 577 g/mol. The molecule has 2 heterocycles. The number of fused-ring (bicyclic) bond motifs is 1. The van der Waals surface area contributed by atoms with E-state index in [2.05, 4.69) is 4.98 Å². The van der Waals surface area contributed by atoms with Crippen LogP contribution in [0.25, 0.3) is 21.9 Å². The van der Waals surface area contributed by atoms with Crippen molar-refractivity contribution < 1.29 is 31.5 Å². The number of nitrogens with zero attached hydrogens (tertiary/aromatic N) is 2. The lowest BCUT2D eigenvalue weighted by atomic mass is 9.79. The second-order valence-electron chi connectivity index (χ2n) is 11.5. The summed E-state index contributed by atoms with van der Waals surface area (Å²) in [4.78, 5) is 16.6. The summed E-state index contributed by atoms with van der Waals surface area (Å²) in [6, 6.07) is 18.2. The standard InChI is InChI=1S/C33H33F3N2O4S/c1-21(2)16-29(32(39)40)28-18-25(22-8-4-3-5-9-22)17-27(31(28)33(34,35)36)24-11-7-15-38(20-24)43(41,42)30-12-6-10-23-19-37-14-13-26(23)30/h3-6,8-10,12-14,17-19,21,24,29H,7,11,15-16,20H2,1-2H3,(H,39,40). The molecule has 43 heavy (non-hydrogen) atoms. The van der Waals surface area contributed by atoms with Crippen molar-refractivity contribution in [3.05, 3.63) is 95.8 Å². The van der Waals surface area contributed by atoms with Crippen LogP contribution in [-0.4, -0.2) is 41.9 Å². The summed E-state index contributed by atoms with van der Waals surface area (Å²) < 4.78 is 74.1. The summed E-state index contributed by atoms with van der Waals surface area (Å²) in [7, 11) is -4.07. The molecule has 226 valence electrons. The van der Waals surface area contributed by atoms with E-state index in [0.29, 0.717) is 34.7 Å². The summed E-state index contributed by atoms with van der Waals surface area (Å²) >= 11 is 0. The number of pyridine rings is 1. The van der Waals surface area contributed by atoms with Crippen molar-refractivity contribution in [2.24, 2.45) is 5.92 Å². The van der Waals surface area contributed by atoms with Gasteiger partial charge in [-0.2, -0.15) is 17.5 Å². The number of benzene rings is 3. The van der Waals surface area contributed by atoms with E-state index in [1.165, 1.54) is 28.7 Å². The van der Waals surface area contributed by atoms with E-state index >= 15 is 0 Å². The van der Waals surface area contributed by atoms with Crippen molar-refractivity contribution in [1.82, 2.24) is 9.29 Å². The van der Waals surface area contributed by atoms with Gasteiger partial charge in [-0.1, -0.05) is 62.4 Å². The lowest BCUT2D eigenvalue weighted by Gasteiger charge is -2.35. The van der Waals surface area contributed by atoms with E-state index < -0.39 is 39.6 Å². The number of aromatic nitrogens is 1. The van der Waals surface area contributed by atoms with Gasteiger partial charge in [0.1, 0.15) is 0 Å². The molecule has 2 unspecified atom stereocenters. The van der Waals surface area contributed by atoms with Gasteiger partial charge in [0.25, 0.3) is 0 Å². The van der Waals surface area contributed by atoms with Gasteiger partial charge in [-0.15, -0.1) is 0 Å². The molecule has 1 aromatic heterocycles. The molecule has 5 rings (SSSR count). The Morgan fingerprint density at radius 2 is 1.79 bits per heavy atom. The molecule has 0 amide bonds. The maximum Gasteiger partial charge on any atom is 0.416 e. The summed E-state index contributed by atoms with van der Waals surface area (Å²) in [5, 5.41) is 11.3. The first-order valence-corrected chi connectivity index (χ1v) is 15.7. The predicted molar refractivity (Wildman–Crippen MR) is 159 cm³/mol. The fraction of sp³-hybridized carbons (Fsp3) is 0.333. The van der Waals surface area contributed by atoms with Crippen LogP contribution in [-0.2, 0) is 21.0 Å². The van der Waals surface area contributed by atoms with Gasteiger partial charge >= 0.3 is 12.1 Å². The Kier molecular flexibility index (Phi) is 8.63. The number of rotatable bonds is 8. The van der Waals surface area contributed by atoms with Crippen LogP contribution in [0.1, 0.15) is 61.6 Å². The van der Waals surface area contributed by atoms with Gasteiger partial charge in [0, 0.05) is 36.3 Å². The predicted octanol–water partition coefficient (Wildman–Crippen LogP) is 7.70. The third-order valence-corrected chi connectivity index (χ3v) is 9.98. The molecule has 1 aliphatic rings. The quantitative estimate of drug-likeness (QED) is 0.221. The molecule has 0 aliphatic carbocycles. The van der Waals surface area contributed by atoms with Crippen LogP contribution in [0.15, 0.2) is 84.0 Å². The topological polar surface area (TPSA) is 87.6 Å². The van der Waals surface area contributed by atoms with E-state index in [4.69, 9.17) is 0 Å². The maximum atomic E-state index is 15.0. The van der Waals surface area contributed by atoms with Gasteiger partial charge in [-0.05, 0) is 71.6 Å². The van der Waals surface area contributed by atoms with Crippen LogP contribution in [0, 0.1) is 5.92 Å². The van der Waals surface area contributed by atoms with Crippen LogP contribution < -0.4 is 0 Å². The summed E-state index contributed by atoms with van der Waals surface area (Å²) in [5.74, 6) is -3.68. The Balaban J connectivity index is 1.67. The number of piperidine rings is 1. The van der Waals surface area contributed by atoms with Gasteiger partial charge in [0.2, 0.25) is 10.0 Å². The minimum Gasteiger partial charge on any atom is -0.481 e. The molecule has 6 nitrogen and oxygen atoms in total. The zero-order chi connectivity index (χ0) is 30.9. The SMILES string of the molecule is CC(C)CC(C(=O)O)c1cc(-c2ccccc2)cc(C2CCCN(S(=O)(=O)c3cccc4cnccc34)C2)c1C(F)(F)F. The highest BCUT2D eigenvalue weighted by atomic mass is 32.2. The number of hydrogen-bond acceptors (Lipinski definition) is 4. The molecule has 1 fully saturated rings. The summed E-state index contributed by atoms with van der Waals surface area (Å²) in [6.07, 6.45) is -1.08. The van der Waals surface area contributed by atoms with Gasteiger partial charge in [-0.25, -0.2) is 8.42 Å². The first-order chi connectivity index (χ1) is 20.4. The zero-order valence-corrected chi connectivity index (χ0v) is 24.7. The normalized spacial score (nSPS) is 17.3. The second-order valence-corrected chi connectivity index (χ2v) is 13.4. The molecular formula is C33H33F3N2O4S. The monoisotopic (exact) mass is 610 g/mol. The first-order valence-electron chi connectivity index (χ1n) is 14.2. The number of aliphatic carboxylic acids is 1. The van der Waals surface area contributed by atoms with Gasteiger partial charge in [0.15, 0.2) is 0 Å². The van der Waals surface area contributed by atoms with Crippen molar-refractivity contribution in [3.63, 3.8) is 0 Å². The maximum absolute atomic E-state index is 15.0. The lowest BCUT2D eigenvalue weighted by molar-refractivity contribution is -0.142. The highest BCUT2D eigenvalue weighted by molar-refractivity contribution is 7.89. The van der Waals surface area contributed by atoms with E-state index in [9.17, 15) is 31.5 Å². The number of alkyl halides is 3. The van der Waals surface area contributed by atoms with Crippen molar-refractivity contribution >= 4 is 26.8 Å².